The van der Waals surface area contributed by atoms with Gasteiger partial charge in [-0.25, -0.2) is 5.84 Å². The van der Waals surface area contributed by atoms with Crippen LogP contribution >= 0.6 is 0 Å². The van der Waals surface area contributed by atoms with Gasteiger partial charge in [0.15, 0.2) is 5.76 Å². The van der Waals surface area contributed by atoms with E-state index in [1.54, 1.807) is 12.1 Å². The molecule has 3 N–H and O–H groups in total. The average Bonchev–Trinajstić information content (AvgIpc) is 2.73. The fraction of sp³-hybridized carbons (Fsp3) is 0.400. The molecule has 1 aromatic heterocycles. The van der Waals surface area contributed by atoms with Crippen LogP contribution in [0.3, 0.4) is 0 Å². The molecular formula is C10H14N4O2. The average molecular weight is 222 g/mol. The lowest BCUT2D eigenvalue weighted by atomic mass is 10.3. The van der Waals surface area contributed by atoms with Crippen molar-refractivity contribution in [2.45, 2.75) is 13.0 Å². The number of nitriles is 1. The zero-order chi connectivity index (χ0) is 12.0. The van der Waals surface area contributed by atoms with Crippen LogP contribution in [0.4, 0.5) is 0 Å². The SMILES string of the molecule is CN(CCC#N)Cc1ccc(C(=O)NN)o1. The van der Waals surface area contributed by atoms with Crippen molar-refractivity contribution in [3.63, 3.8) is 0 Å². The molecule has 1 amide bonds. The van der Waals surface area contributed by atoms with Gasteiger partial charge in [0.25, 0.3) is 0 Å². The molecule has 6 nitrogen and oxygen atoms in total. The number of nitrogen functional groups attached to an aromatic ring is 1. The summed E-state index contributed by atoms with van der Waals surface area (Å²) in [6.45, 7) is 1.22. The number of nitrogens with one attached hydrogen (secondary N) is 1. The number of nitrogens with zero attached hydrogens (tertiary/aromatic N) is 2. The third kappa shape index (κ3) is 3.38. The van der Waals surface area contributed by atoms with E-state index in [1.165, 1.54) is 0 Å². The lowest BCUT2D eigenvalue weighted by Gasteiger charge is -2.12. The smallest absolute Gasteiger partial charge is 0.300 e. The van der Waals surface area contributed by atoms with Crippen molar-refractivity contribution < 1.29 is 9.21 Å². The highest BCUT2D eigenvalue weighted by atomic mass is 16.4. The zero-order valence-electron chi connectivity index (χ0n) is 9.06. The monoisotopic (exact) mass is 222 g/mol. The molecule has 0 aliphatic carbocycles. The summed E-state index contributed by atoms with van der Waals surface area (Å²) in [5.41, 5.74) is 1.99. The van der Waals surface area contributed by atoms with Gasteiger partial charge in [-0.05, 0) is 19.2 Å². The van der Waals surface area contributed by atoms with Crippen molar-refractivity contribution in [3.05, 3.63) is 23.7 Å². The topological polar surface area (TPSA) is 95.3 Å². The van der Waals surface area contributed by atoms with Crippen LogP contribution in [0, 0.1) is 11.3 Å². The van der Waals surface area contributed by atoms with Crippen molar-refractivity contribution in [1.29, 1.82) is 5.26 Å². The number of hydrogen-bond donors (Lipinski definition) is 2. The van der Waals surface area contributed by atoms with Gasteiger partial charge in [0.2, 0.25) is 0 Å². The maximum atomic E-state index is 11.1. The van der Waals surface area contributed by atoms with Crippen LogP contribution in [0.5, 0.6) is 0 Å². The summed E-state index contributed by atoms with van der Waals surface area (Å²) < 4.78 is 5.27. The highest BCUT2D eigenvalue weighted by Crippen LogP contribution is 2.09. The molecule has 1 heterocycles. The minimum Gasteiger partial charge on any atom is -0.455 e. The Bertz CT molecular complexity index is 394. The van der Waals surface area contributed by atoms with Crippen LogP contribution in [-0.4, -0.2) is 24.4 Å². The first kappa shape index (κ1) is 12.2. The lowest BCUT2D eigenvalue weighted by molar-refractivity contribution is 0.0922. The van der Waals surface area contributed by atoms with Gasteiger partial charge in [-0.3, -0.25) is 15.1 Å². The van der Waals surface area contributed by atoms with E-state index in [0.29, 0.717) is 25.3 Å². The molecule has 0 spiro atoms. The van der Waals surface area contributed by atoms with E-state index in [-0.39, 0.29) is 5.76 Å². The van der Waals surface area contributed by atoms with Gasteiger partial charge in [-0.1, -0.05) is 0 Å². The van der Waals surface area contributed by atoms with Crippen LogP contribution in [0.2, 0.25) is 0 Å². The second-order valence-corrected chi connectivity index (χ2v) is 3.39. The first-order valence-electron chi connectivity index (χ1n) is 4.82. The minimum atomic E-state index is -0.453. The van der Waals surface area contributed by atoms with Gasteiger partial charge in [0, 0.05) is 13.0 Å². The summed E-state index contributed by atoms with van der Waals surface area (Å²) in [7, 11) is 1.88. The zero-order valence-corrected chi connectivity index (χ0v) is 9.06. The summed E-state index contributed by atoms with van der Waals surface area (Å²) in [6, 6.07) is 5.34. The Morgan fingerprint density at radius 3 is 3.06 bits per heavy atom. The van der Waals surface area contributed by atoms with Crippen molar-refractivity contribution in [2.75, 3.05) is 13.6 Å². The third-order valence-electron chi connectivity index (χ3n) is 2.05. The molecule has 0 atom stereocenters. The van der Waals surface area contributed by atoms with E-state index in [2.05, 4.69) is 6.07 Å². The molecule has 0 fully saturated rings. The highest BCUT2D eigenvalue weighted by molar-refractivity contribution is 5.90. The number of hydrazine groups is 1. The van der Waals surface area contributed by atoms with E-state index in [1.807, 2.05) is 17.4 Å². The Morgan fingerprint density at radius 1 is 1.69 bits per heavy atom. The van der Waals surface area contributed by atoms with Crippen LogP contribution in [0.1, 0.15) is 22.7 Å². The van der Waals surface area contributed by atoms with Crippen molar-refractivity contribution in [1.82, 2.24) is 10.3 Å². The molecule has 0 aliphatic rings. The molecule has 0 unspecified atom stereocenters. The van der Waals surface area contributed by atoms with E-state index >= 15 is 0 Å². The summed E-state index contributed by atoms with van der Waals surface area (Å²) in [6.07, 6.45) is 0.466. The minimum absolute atomic E-state index is 0.186. The number of nitrogens with two attached hydrogens (primary N) is 1. The van der Waals surface area contributed by atoms with E-state index in [9.17, 15) is 4.79 Å². The number of hydrogen-bond acceptors (Lipinski definition) is 5. The van der Waals surface area contributed by atoms with Crippen LogP contribution < -0.4 is 11.3 Å². The van der Waals surface area contributed by atoms with Crippen LogP contribution in [-0.2, 0) is 6.54 Å². The summed E-state index contributed by atoms with van der Waals surface area (Å²) in [5, 5.41) is 8.42. The number of amides is 1. The number of carbonyl (C=O) groups is 1. The van der Waals surface area contributed by atoms with E-state index < -0.39 is 5.91 Å². The first-order chi connectivity index (χ1) is 7.67. The Kier molecular flexibility index (Phi) is 4.51. The second kappa shape index (κ2) is 5.90. The van der Waals surface area contributed by atoms with Gasteiger partial charge < -0.3 is 4.42 Å². The number of carbonyl (C=O) groups excluding carboxylic acids is 1. The van der Waals surface area contributed by atoms with Crippen LogP contribution in [0.15, 0.2) is 16.5 Å². The number of rotatable bonds is 5. The second-order valence-electron chi connectivity index (χ2n) is 3.39. The molecule has 16 heavy (non-hydrogen) atoms. The molecule has 6 heteroatoms. The predicted octanol–water partition coefficient (Wildman–Crippen LogP) is 0.229. The van der Waals surface area contributed by atoms with Crippen molar-refractivity contribution in [3.8, 4) is 6.07 Å². The fourth-order valence-corrected chi connectivity index (χ4v) is 1.24. The molecule has 0 saturated carbocycles. The standard InChI is InChI=1S/C10H14N4O2/c1-14(6-2-5-11)7-8-3-4-9(16-8)10(15)13-12/h3-4H,2,6-7,12H2,1H3,(H,13,15). The molecule has 0 bridgehead atoms. The molecule has 0 aromatic carbocycles. The van der Waals surface area contributed by atoms with Gasteiger partial charge in [0.05, 0.1) is 12.6 Å². The Morgan fingerprint density at radius 2 is 2.44 bits per heavy atom. The molecule has 86 valence electrons. The molecule has 0 aliphatic heterocycles. The maximum Gasteiger partial charge on any atom is 0.300 e. The van der Waals surface area contributed by atoms with Crippen molar-refractivity contribution >= 4 is 5.91 Å². The normalized spacial score (nSPS) is 10.1. The molecule has 0 saturated heterocycles. The summed E-state index contributed by atoms with van der Waals surface area (Å²) >= 11 is 0. The molecular weight excluding hydrogens is 208 g/mol. The Balaban J connectivity index is 2.52. The number of furan rings is 1. The highest BCUT2D eigenvalue weighted by Gasteiger charge is 2.10. The van der Waals surface area contributed by atoms with E-state index in [4.69, 9.17) is 15.5 Å². The molecule has 1 rings (SSSR count). The van der Waals surface area contributed by atoms with Gasteiger partial charge in [-0.2, -0.15) is 5.26 Å². The lowest BCUT2D eigenvalue weighted by Crippen LogP contribution is -2.29. The van der Waals surface area contributed by atoms with Gasteiger partial charge >= 0.3 is 5.91 Å². The first-order valence-corrected chi connectivity index (χ1v) is 4.82. The Hall–Kier alpha value is -1.84. The maximum absolute atomic E-state index is 11.1. The fourth-order valence-electron chi connectivity index (χ4n) is 1.24. The Labute approximate surface area is 93.6 Å². The molecule has 0 radical (unpaired) electrons. The van der Waals surface area contributed by atoms with E-state index in [0.717, 1.165) is 0 Å². The van der Waals surface area contributed by atoms with Crippen LogP contribution in [0.25, 0.3) is 0 Å². The third-order valence-corrected chi connectivity index (χ3v) is 2.05. The summed E-state index contributed by atoms with van der Waals surface area (Å²) in [5.74, 6) is 5.37. The van der Waals surface area contributed by atoms with Gasteiger partial charge in [0.1, 0.15) is 5.76 Å². The quantitative estimate of drug-likeness (QED) is 0.422. The largest absolute Gasteiger partial charge is 0.455 e. The van der Waals surface area contributed by atoms with Crippen molar-refractivity contribution in [2.24, 2.45) is 5.84 Å². The predicted molar refractivity (Wildman–Crippen MR) is 56.9 cm³/mol. The van der Waals surface area contributed by atoms with Gasteiger partial charge in [-0.15, -0.1) is 0 Å². The summed E-state index contributed by atoms with van der Waals surface area (Å²) in [4.78, 5) is 13.0. The molecule has 1 aromatic rings.